The van der Waals surface area contributed by atoms with Crippen molar-refractivity contribution in [2.45, 2.75) is 27.2 Å². The number of aryl methyl sites for hydroxylation is 3. The molecule has 0 amide bonds. The Labute approximate surface area is 112 Å². The zero-order chi connectivity index (χ0) is 13.1. The van der Waals surface area contributed by atoms with Crippen LogP contribution in [0, 0.1) is 20.8 Å². The van der Waals surface area contributed by atoms with E-state index < -0.39 is 0 Å². The molecule has 2 aromatic rings. The van der Waals surface area contributed by atoms with Crippen molar-refractivity contribution in [3.8, 4) is 0 Å². The van der Waals surface area contributed by atoms with Gasteiger partial charge in [0.25, 0.3) is 0 Å². The smallest absolute Gasteiger partial charge is 0.227 e. The number of likely N-dealkylation sites (N-methyl/N-ethyl adjacent to an activating group) is 1. The van der Waals surface area contributed by atoms with Gasteiger partial charge in [-0.2, -0.15) is 0 Å². The van der Waals surface area contributed by atoms with Crippen LogP contribution < -0.4 is 4.90 Å². The topological polar surface area (TPSA) is 41.9 Å². The maximum Gasteiger partial charge on any atom is 0.227 e. The van der Waals surface area contributed by atoms with Gasteiger partial charge in [0, 0.05) is 25.1 Å². The second-order valence-corrected chi connectivity index (χ2v) is 5.39. The van der Waals surface area contributed by atoms with Crippen LogP contribution >= 0.6 is 11.5 Å². The molecule has 0 fully saturated rings. The Morgan fingerprint density at radius 1 is 1.11 bits per heavy atom. The number of rotatable bonds is 4. The highest BCUT2D eigenvalue weighted by atomic mass is 32.1. The standard InChI is InChI=1S/C13H18N4S/c1-9-7-11(3)12(8-10(9)2)5-6-17(4)13-14-15-16-18-13/h7-8H,5-6H2,1-4H3. The Bertz CT molecular complexity index is 522. The average molecular weight is 262 g/mol. The van der Waals surface area contributed by atoms with E-state index in [1.807, 2.05) is 7.05 Å². The Morgan fingerprint density at radius 2 is 1.83 bits per heavy atom. The van der Waals surface area contributed by atoms with Gasteiger partial charge >= 0.3 is 0 Å². The van der Waals surface area contributed by atoms with Gasteiger partial charge in [-0.05, 0) is 54.7 Å². The molecule has 4 nitrogen and oxygen atoms in total. The van der Waals surface area contributed by atoms with Gasteiger partial charge < -0.3 is 4.90 Å². The molecular weight excluding hydrogens is 244 g/mol. The van der Waals surface area contributed by atoms with Gasteiger partial charge in [-0.15, -0.1) is 0 Å². The van der Waals surface area contributed by atoms with Crippen molar-refractivity contribution in [2.75, 3.05) is 18.5 Å². The molecular formula is C13H18N4S. The number of benzene rings is 1. The van der Waals surface area contributed by atoms with Gasteiger partial charge in [0.1, 0.15) is 0 Å². The second-order valence-electron chi connectivity index (χ2n) is 4.68. The van der Waals surface area contributed by atoms with Gasteiger partial charge in [-0.3, -0.25) is 0 Å². The lowest BCUT2D eigenvalue weighted by Crippen LogP contribution is -2.20. The molecule has 1 aromatic carbocycles. The van der Waals surface area contributed by atoms with E-state index in [0.29, 0.717) is 0 Å². The predicted octanol–water partition coefficient (Wildman–Crippen LogP) is 2.54. The minimum Gasteiger partial charge on any atom is -0.348 e. The lowest BCUT2D eigenvalue weighted by atomic mass is 9.99. The minimum absolute atomic E-state index is 0.872. The molecule has 5 heteroatoms. The maximum absolute atomic E-state index is 3.97. The quantitative estimate of drug-likeness (QED) is 0.849. The van der Waals surface area contributed by atoms with E-state index in [0.717, 1.165) is 18.1 Å². The first-order chi connectivity index (χ1) is 8.58. The summed E-state index contributed by atoms with van der Waals surface area (Å²) in [6.45, 7) is 7.43. The summed E-state index contributed by atoms with van der Waals surface area (Å²) >= 11 is 1.33. The largest absolute Gasteiger partial charge is 0.348 e. The first kappa shape index (κ1) is 13.0. The van der Waals surface area contributed by atoms with Crippen LogP contribution in [-0.4, -0.2) is 28.4 Å². The Hall–Kier alpha value is -1.49. The molecule has 0 aliphatic carbocycles. The summed E-state index contributed by atoms with van der Waals surface area (Å²) in [7, 11) is 2.03. The minimum atomic E-state index is 0.872. The van der Waals surface area contributed by atoms with Crippen LogP contribution in [0.5, 0.6) is 0 Å². The molecule has 0 atom stereocenters. The van der Waals surface area contributed by atoms with Crippen molar-refractivity contribution in [3.63, 3.8) is 0 Å². The summed E-state index contributed by atoms with van der Waals surface area (Å²) in [6.07, 6.45) is 1.02. The summed E-state index contributed by atoms with van der Waals surface area (Å²) in [6, 6.07) is 4.55. The van der Waals surface area contributed by atoms with E-state index in [1.165, 1.54) is 33.8 Å². The van der Waals surface area contributed by atoms with E-state index in [-0.39, 0.29) is 0 Å². The van der Waals surface area contributed by atoms with Crippen LogP contribution in [0.4, 0.5) is 5.13 Å². The summed E-state index contributed by atoms with van der Waals surface area (Å²) in [5.41, 5.74) is 5.48. The van der Waals surface area contributed by atoms with E-state index in [4.69, 9.17) is 0 Å². The highest BCUT2D eigenvalue weighted by Crippen LogP contribution is 2.17. The molecule has 0 saturated heterocycles. The number of nitrogens with zero attached hydrogens (tertiary/aromatic N) is 4. The number of anilines is 1. The van der Waals surface area contributed by atoms with Crippen LogP contribution in [-0.2, 0) is 6.42 Å². The highest BCUT2D eigenvalue weighted by molar-refractivity contribution is 7.09. The van der Waals surface area contributed by atoms with Gasteiger partial charge in [0.2, 0.25) is 5.13 Å². The average Bonchev–Trinajstić information content (AvgIpc) is 2.85. The summed E-state index contributed by atoms with van der Waals surface area (Å²) in [5, 5.41) is 8.46. The fourth-order valence-electron chi connectivity index (χ4n) is 1.95. The summed E-state index contributed by atoms with van der Waals surface area (Å²) in [4.78, 5) is 2.10. The first-order valence-corrected chi connectivity index (χ1v) is 6.78. The predicted molar refractivity (Wildman–Crippen MR) is 75.3 cm³/mol. The van der Waals surface area contributed by atoms with Crippen molar-refractivity contribution >= 4 is 16.7 Å². The Balaban J connectivity index is 2.04. The molecule has 1 aromatic heterocycles. The fourth-order valence-corrected chi connectivity index (χ4v) is 2.40. The number of hydrogen-bond acceptors (Lipinski definition) is 5. The zero-order valence-electron chi connectivity index (χ0n) is 11.3. The Kier molecular flexibility index (Phi) is 3.91. The lowest BCUT2D eigenvalue weighted by molar-refractivity contribution is 0.844. The zero-order valence-corrected chi connectivity index (χ0v) is 12.1. The van der Waals surface area contributed by atoms with Gasteiger partial charge in [0.05, 0.1) is 0 Å². The number of hydrogen-bond donors (Lipinski definition) is 0. The van der Waals surface area contributed by atoms with Crippen LogP contribution in [0.3, 0.4) is 0 Å². The first-order valence-electron chi connectivity index (χ1n) is 6.01. The molecule has 0 unspecified atom stereocenters. The molecule has 2 rings (SSSR count). The third-order valence-corrected chi connectivity index (χ3v) is 4.00. The van der Waals surface area contributed by atoms with Crippen molar-refractivity contribution in [2.24, 2.45) is 0 Å². The third-order valence-electron chi connectivity index (χ3n) is 3.28. The van der Waals surface area contributed by atoms with Crippen LogP contribution in [0.2, 0.25) is 0 Å². The summed E-state index contributed by atoms with van der Waals surface area (Å²) in [5.74, 6) is 0. The maximum atomic E-state index is 3.97. The molecule has 0 spiro atoms. The van der Waals surface area contributed by atoms with Crippen molar-refractivity contribution in [1.29, 1.82) is 0 Å². The van der Waals surface area contributed by atoms with Gasteiger partial charge in [0.15, 0.2) is 0 Å². The number of aromatic nitrogens is 3. The van der Waals surface area contributed by atoms with Crippen LogP contribution in [0.1, 0.15) is 22.3 Å². The van der Waals surface area contributed by atoms with Crippen LogP contribution in [0.25, 0.3) is 0 Å². The highest BCUT2D eigenvalue weighted by Gasteiger charge is 2.07. The van der Waals surface area contributed by atoms with E-state index >= 15 is 0 Å². The van der Waals surface area contributed by atoms with E-state index in [2.05, 4.69) is 52.6 Å². The fraction of sp³-hybridized carbons (Fsp3) is 0.462. The van der Waals surface area contributed by atoms with Crippen molar-refractivity contribution in [3.05, 3.63) is 34.4 Å². The van der Waals surface area contributed by atoms with Crippen LogP contribution in [0.15, 0.2) is 12.1 Å². The monoisotopic (exact) mass is 262 g/mol. The van der Waals surface area contributed by atoms with E-state index in [1.54, 1.807) is 0 Å². The molecule has 0 aliphatic rings. The molecule has 0 saturated carbocycles. The SMILES string of the molecule is Cc1cc(C)c(CCN(C)c2nnns2)cc1C. The molecule has 0 aliphatic heterocycles. The van der Waals surface area contributed by atoms with E-state index in [9.17, 15) is 0 Å². The Morgan fingerprint density at radius 3 is 2.50 bits per heavy atom. The van der Waals surface area contributed by atoms with Crippen molar-refractivity contribution < 1.29 is 0 Å². The normalized spacial score (nSPS) is 10.7. The van der Waals surface area contributed by atoms with Crippen molar-refractivity contribution in [1.82, 2.24) is 14.8 Å². The van der Waals surface area contributed by atoms with Gasteiger partial charge in [-0.1, -0.05) is 21.7 Å². The third kappa shape index (κ3) is 2.85. The molecule has 0 bridgehead atoms. The molecule has 18 heavy (non-hydrogen) atoms. The summed E-state index contributed by atoms with van der Waals surface area (Å²) < 4.78 is 3.78. The second kappa shape index (κ2) is 5.44. The molecule has 1 heterocycles. The van der Waals surface area contributed by atoms with Gasteiger partial charge in [-0.25, -0.2) is 0 Å². The molecule has 0 radical (unpaired) electrons. The molecule has 96 valence electrons. The lowest BCUT2D eigenvalue weighted by Gasteiger charge is -2.16. The molecule has 0 N–H and O–H groups in total.